The van der Waals surface area contributed by atoms with Crippen LogP contribution in [0, 0.1) is 0 Å². The number of benzene rings is 2. The summed E-state index contributed by atoms with van der Waals surface area (Å²) in [6.45, 7) is -0.150. The molecule has 0 saturated heterocycles. The lowest BCUT2D eigenvalue weighted by Crippen LogP contribution is -2.43. The van der Waals surface area contributed by atoms with Gasteiger partial charge in [0.05, 0.1) is 12.0 Å². The number of nitrogens with zero attached hydrogens (tertiary/aromatic N) is 1. The molecule has 0 radical (unpaired) electrons. The van der Waals surface area contributed by atoms with Gasteiger partial charge in [0.2, 0.25) is 5.91 Å². The van der Waals surface area contributed by atoms with Crippen LogP contribution in [0.3, 0.4) is 0 Å². The van der Waals surface area contributed by atoms with E-state index in [4.69, 9.17) is 9.84 Å². The minimum absolute atomic E-state index is 0.0263. The second-order valence-electron chi connectivity index (χ2n) is 8.05. The van der Waals surface area contributed by atoms with Gasteiger partial charge in [-0.15, -0.1) is 0 Å². The normalized spacial score (nSPS) is 15.6. The number of carbonyl (C=O) groups is 3. The van der Waals surface area contributed by atoms with Crippen LogP contribution in [-0.2, 0) is 14.3 Å². The first kappa shape index (κ1) is 19.9. The van der Waals surface area contributed by atoms with Crippen LogP contribution in [0.2, 0.25) is 0 Å². The minimum atomic E-state index is -1.07. The number of carbonyl (C=O) groups excluding carboxylic acids is 2. The fraction of sp³-hybridized carbons (Fsp3) is 0.348. The van der Waals surface area contributed by atoms with Crippen molar-refractivity contribution in [2.75, 3.05) is 20.2 Å². The Morgan fingerprint density at radius 1 is 1.07 bits per heavy atom. The van der Waals surface area contributed by atoms with Crippen LogP contribution in [0.15, 0.2) is 48.5 Å². The Labute approximate surface area is 174 Å². The Bertz CT molecular complexity index is 953. The summed E-state index contributed by atoms with van der Waals surface area (Å²) in [4.78, 5) is 36.6. The molecule has 1 saturated carbocycles. The van der Waals surface area contributed by atoms with Crippen molar-refractivity contribution in [1.29, 1.82) is 0 Å². The summed E-state index contributed by atoms with van der Waals surface area (Å²) in [5.41, 5.74) is 3.96. The molecule has 2 aliphatic rings. The third-order valence-electron chi connectivity index (χ3n) is 5.85. The van der Waals surface area contributed by atoms with Crippen LogP contribution < -0.4 is 5.32 Å². The van der Waals surface area contributed by atoms with Gasteiger partial charge in [-0.05, 0) is 35.1 Å². The summed E-state index contributed by atoms with van der Waals surface area (Å²) >= 11 is 0. The van der Waals surface area contributed by atoms with Crippen LogP contribution in [-0.4, -0.2) is 53.7 Å². The van der Waals surface area contributed by atoms with E-state index in [-0.39, 0.29) is 31.4 Å². The van der Waals surface area contributed by atoms with Gasteiger partial charge >= 0.3 is 12.1 Å². The molecule has 0 aromatic heterocycles. The van der Waals surface area contributed by atoms with Gasteiger partial charge in [-0.1, -0.05) is 48.5 Å². The number of ether oxygens (including phenoxy) is 1. The van der Waals surface area contributed by atoms with E-state index in [1.165, 1.54) is 7.05 Å². The second kappa shape index (κ2) is 7.82. The first-order chi connectivity index (χ1) is 14.4. The highest BCUT2D eigenvalue weighted by atomic mass is 16.5. The number of carboxylic acid groups (broad SMARTS) is 1. The molecule has 0 spiro atoms. The van der Waals surface area contributed by atoms with E-state index in [0.29, 0.717) is 12.8 Å². The van der Waals surface area contributed by atoms with E-state index in [1.807, 2.05) is 24.3 Å². The number of likely N-dealkylation sites (N-methyl/N-ethyl adjacent to an activating group) is 1. The van der Waals surface area contributed by atoms with E-state index < -0.39 is 17.6 Å². The van der Waals surface area contributed by atoms with Crippen LogP contribution in [0.25, 0.3) is 11.1 Å². The average molecular weight is 408 g/mol. The third kappa shape index (κ3) is 4.01. The maximum atomic E-state index is 12.5. The predicted molar refractivity (Wildman–Crippen MR) is 110 cm³/mol. The highest BCUT2D eigenvalue weighted by Crippen LogP contribution is 2.44. The van der Waals surface area contributed by atoms with Crippen molar-refractivity contribution in [3.8, 4) is 11.1 Å². The molecule has 2 aromatic carbocycles. The van der Waals surface area contributed by atoms with Crippen molar-refractivity contribution in [2.45, 2.75) is 30.7 Å². The molecular weight excluding hydrogens is 384 g/mol. The summed E-state index contributed by atoms with van der Waals surface area (Å²) in [5.74, 6) is -1.41. The highest BCUT2D eigenvalue weighted by Gasteiger charge is 2.47. The van der Waals surface area contributed by atoms with Crippen molar-refractivity contribution in [1.82, 2.24) is 10.2 Å². The van der Waals surface area contributed by atoms with Gasteiger partial charge in [0.25, 0.3) is 0 Å². The lowest BCUT2D eigenvalue weighted by atomic mass is 9.98. The summed E-state index contributed by atoms with van der Waals surface area (Å²) in [6.07, 6.45) is 0.859. The molecule has 2 aromatic rings. The molecule has 0 bridgehead atoms. The van der Waals surface area contributed by atoms with Crippen LogP contribution >= 0.6 is 0 Å². The van der Waals surface area contributed by atoms with E-state index >= 15 is 0 Å². The van der Waals surface area contributed by atoms with Crippen molar-refractivity contribution >= 4 is 18.0 Å². The number of amides is 2. The van der Waals surface area contributed by atoms with Gasteiger partial charge in [-0.2, -0.15) is 0 Å². The average Bonchev–Trinajstić information content (AvgIpc) is 3.38. The number of alkyl carbamates (subject to hydrolysis) is 1. The van der Waals surface area contributed by atoms with Gasteiger partial charge in [0.15, 0.2) is 0 Å². The molecule has 0 heterocycles. The van der Waals surface area contributed by atoms with Gasteiger partial charge in [0.1, 0.15) is 13.2 Å². The molecule has 4 rings (SSSR count). The highest BCUT2D eigenvalue weighted by molar-refractivity contribution is 5.83. The number of hydrogen-bond acceptors (Lipinski definition) is 4. The van der Waals surface area contributed by atoms with Gasteiger partial charge in [-0.25, -0.2) is 4.79 Å². The van der Waals surface area contributed by atoms with E-state index in [1.54, 1.807) is 0 Å². The van der Waals surface area contributed by atoms with Crippen LogP contribution in [0.5, 0.6) is 0 Å². The molecule has 30 heavy (non-hydrogen) atoms. The minimum Gasteiger partial charge on any atom is -0.480 e. The quantitative estimate of drug-likeness (QED) is 0.734. The fourth-order valence-corrected chi connectivity index (χ4v) is 4.06. The largest absolute Gasteiger partial charge is 0.480 e. The monoisotopic (exact) mass is 408 g/mol. The van der Waals surface area contributed by atoms with E-state index in [2.05, 4.69) is 29.6 Å². The zero-order valence-electron chi connectivity index (χ0n) is 16.8. The molecule has 1 fully saturated rings. The number of rotatable bonds is 7. The number of fused-ring (bicyclic) bond motifs is 3. The Morgan fingerprint density at radius 2 is 1.63 bits per heavy atom. The SMILES string of the molecule is CN(CC(=O)O)C(=O)CC1(NC(=O)OCC2c3ccccc3-c3ccccc32)CC1. The zero-order chi connectivity index (χ0) is 21.3. The molecule has 7 nitrogen and oxygen atoms in total. The first-order valence-corrected chi connectivity index (χ1v) is 9.97. The second-order valence-corrected chi connectivity index (χ2v) is 8.05. The Morgan fingerprint density at radius 3 is 2.17 bits per heavy atom. The summed E-state index contributed by atoms with van der Waals surface area (Å²) < 4.78 is 5.55. The molecule has 2 N–H and O–H groups in total. The molecule has 0 atom stereocenters. The third-order valence-corrected chi connectivity index (χ3v) is 5.85. The maximum Gasteiger partial charge on any atom is 0.407 e. The smallest absolute Gasteiger partial charge is 0.407 e. The molecule has 2 amide bonds. The van der Waals surface area contributed by atoms with Crippen molar-refractivity contribution in [3.05, 3.63) is 59.7 Å². The number of aliphatic carboxylic acids is 1. The molecule has 156 valence electrons. The Hall–Kier alpha value is -3.35. The molecular formula is C23H24N2O5. The molecule has 7 heteroatoms. The van der Waals surface area contributed by atoms with Crippen molar-refractivity contribution < 1.29 is 24.2 Å². The number of hydrogen-bond donors (Lipinski definition) is 2. The van der Waals surface area contributed by atoms with Crippen LogP contribution in [0.1, 0.15) is 36.3 Å². The van der Waals surface area contributed by atoms with Crippen molar-refractivity contribution in [3.63, 3.8) is 0 Å². The standard InChI is InChI=1S/C23H24N2O5/c1-25(13-21(27)28)20(26)12-23(10-11-23)24-22(29)30-14-19-17-8-4-2-6-15(17)16-7-3-5-9-18(16)19/h2-9,19H,10-14H2,1H3,(H,24,29)(H,27,28). The van der Waals surface area contributed by atoms with Crippen molar-refractivity contribution in [2.24, 2.45) is 0 Å². The summed E-state index contributed by atoms with van der Waals surface area (Å²) in [5, 5.41) is 11.6. The summed E-state index contributed by atoms with van der Waals surface area (Å²) in [7, 11) is 1.44. The molecule has 2 aliphatic carbocycles. The lowest BCUT2D eigenvalue weighted by molar-refractivity contribution is -0.143. The molecule has 0 aliphatic heterocycles. The predicted octanol–water partition coefficient (Wildman–Crippen LogP) is 2.99. The van der Waals surface area contributed by atoms with E-state index in [9.17, 15) is 14.4 Å². The zero-order valence-corrected chi connectivity index (χ0v) is 16.8. The lowest BCUT2D eigenvalue weighted by Gasteiger charge is -2.21. The Balaban J connectivity index is 1.37. The van der Waals surface area contributed by atoms with Gasteiger partial charge in [-0.3, -0.25) is 9.59 Å². The molecule has 0 unspecified atom stereocenters. The topological polar surface area (TPSA) is 95.9 Å². The Kier molecular flexibility index (Phi) is 5.20. The van der Waals surface area contributed by atoms with Gasteiger partial charge in [0, 0.05) is 13.0 Å². The fourth-order valence-electron chi connectivity index (χ4n) is 4.06. The van der Waals surface area contributed by atoms with E-state index in [0.717, 1.165) is 27.2 Å². The summed E-state index contributed by atoms with van der Waals surface area (Å²) in [6, 6.07) is 16.2. The maximum absolute atomic E-state index is 12.5. The first-order valence-electron chi connectivity index (χ1n) is 9.97. The van der Waals surface area contributed by atoms with Crippen LogP contribution in [0.4, 0.5) is 4.79 Å². The van der Waals surface area contributed by atoms with Gasteiger partial charge < -0.3 is 20.1 Å². The number of carboxylic acids is 1. The number of nitrogens with one attached hydrogen (secondary N) is 1.